The van der Waals surface area contributed by atoms with Gasteiger partial charge in [-0.15, -0.1) is 0 Å². The van der Waals surface area contributed by atoms with E-state index in [-0.39, 0.29) is 5.82 Å². The van der Waals surface area contributed by atoms with Crippen LogP contribution in [0.25, 0.3) is 22.0 Å². The zero-order chi connectivity index (χ0) is 19.3. The fourth-order valence-electron chi connectivity index (χ4n) is 3.76. The van der Waals surface area contributed by atoms with Crippen molar-refractivity contribution in [1.29, 1.82) is 0 Å². The first-order chi connectivity index (χ1) is 13.7. The zero-order valence-corrected chi connectivity index (χ0v) is 16.1. The Hall–Kier alpha value is -2.73. The Morgan fingerprint density at radius 3 is 2.61 bits per heavy atom. The van der Waals surface area contributed by atoms with Gasteiger partial charge in [-0.2, -0.15) is 0 Å². The summed E-state index contributed by atoms with van der Waals surface area (Å²) in [7, 11) is 1.63. The summed E-state index contributed by atoms with van der Waals surface area (Å²) in [6.45, 7) is 4.40. The fourth-order valence-corrected chi connectivity index (χ4v) is 3.76. The predicted molar refractivity (Wildman–Crippen MR) is 110 cm³/mol. The van der Waals surface area contributed by atoms with Gasteiger partial charge >= 0.3 is 0 Å². The highest BCUT2D eigenvalue weighted by atomic mass is 19.1. The van der Waals surface area contributed by atoms with Crippen molar-refractivity contribution in [2.75, 3.05) is 38.6 Å². The summed E-state index contributed by atoms with van der Waals surface area (Å²) < 4.78 is 18.9. The van der Waals surface area contributed by atoms with Gasteiger partial charge in [-0.1, -0.05) is 12.1 Å². The van der Waals surface area contributed by atoms with Gasteiger partial charge in [-0.3, -0.25) is 0 Å². The van der Waals surface area contributed by atoms with Crippen molar-refractivity contribution in [3.8, 4) is 16.9 Å². The molecule has 0 spiro atoms. The molecule has 4 rings (SSSR count). The minimum atomic E-state index is -0.250. The van der Waals surface area contributed by atoms with Crippen molar-refractivity contribution >= 4 is 16.7 Å². The normalized spacial score (nSPS) is 14.5. The van der Waals surface area contributed by atoms with Crippen molar-refractivity contribution in [1.82, 2.24) is 14.9 Å². The van der Waals surface area contributed by atoms with E-state index in [1.807, 2.05) is 12.1 Å². The lowest BCUT2D eigenvalue weighted by molar-refractivity contribution is 0.337. The first-order valence-electron chi connectivity index (χ1n) is 9.79. The number of methoxy groups -OCH3 is 1. The maximum absolute atomic E-state index is 13.3. The van der Waals surface area contributed by atoms with Crippen molar-refractivity contribution < 1.29 is 9.13 Å². The largest absolute Gasteiger partial charge is 0.494 e. The van der Waals surface area contributed by atoms with Crippen molar-refractivity contribution in [3.05, 3.63) is 48.5 Å². The molecule has 1 fully saturated rings. The van der Waals surface area contributed by atoms with Gasteiger partial charge < -0.3 is 15.0 Å². The number of ether oxygens (including phenoxy) is 1. The van der Waals surface area contributed by atoms with Crippen LogP contribution in [0.4, 0.5) is 10.2 Å². The van der Waals surface area contributed by atoms with Crippen LogP contribution < -0.4 is 10.1 Å². The van der Waals surface area contributed by atoms with Crippen molar-refractivity contribution in [2.24, 2.45) is 0 Å². The average molecular weight is 380 g/mol. The lowest BCUT2D eigenvalue weighted by Gasteiger charge is -2.15. The SMILES string of the molecule is COc1cc(-c2ccc(F)cc2)cc2c(NCCCN3CCCC3)ncnc12. The van der Waals surface area contributed by atoms with E-state index in [9.17, 15) is 4.39 Å². The summed E-state index contributed by atoms with van der Waals surface area (Å²) >= 11 is 0. The standard InChI is InChI=1S/C22H25FN4O/c1-28-20-14-17(16-5-7-18(23)8-6-16)13-19-21(20)25-15-26-22(19)24-9-4-12-27-10-2-3-11-27/h5-8,13-15H,2-4,9-12H2,1H3,(H,24,25,26). The Balaban J connectivity index is 1.59. The summed E-state index contributed by atoms with van der Waals surface area (Å²) in [5.74, 6) is 1.23. The third-order valence-electron chi connectivity index (χ3n) is 5.24. The van der Waals surface area contributed by atoms with Gasteiger partial charge in [0.1, 0.15) is 29.2 Å². The quantitative estimate of drug-likeness (QED) is 0.618. The number of halogens is 1. The lowest BCUT2D eigenvalue weighted by Crippen LogP contribution is -2.22. The summed E-state index contributed by atoms with van der Waals surface area (Å²) in [5.41, 5.74) is 2.63. The molecule has 0 saturated carbocycles. The molecule has 0 amide bonds. The van der Waals surface area contributed by atoms with Crippen LogP contribution in [-0.2, 0) is 0 Å². The number of anilines is 1. The van der Waals surface area contributed by atoms with E-state index < -0.39 is 0 Å². The predicted octanol–water partition coefficient (Wildman–Crippen LogP) is 4.34. The molecule has 0 aliphatic carbocycles. The van der Waals surface area contributed by atoms with E-state index in [0.717, 1.165) is 47.4 Å². The molecule has 0 unspecified atom stereocenters. The molecule has 1 N–H and O–H groups in total. The van der Waals surface area contributed by atoms with E-state index in [1.54, 1.807) is 25.6 Å². The molecule has 0 radical (unpaired) electrons. The number of fused-ring (bicyclic) bond motifs is 1. The fraction of sp³-hybridized carbons (Fsp3) is 0.364. The molecule has 2 heterocycles. The van der Waals surface area contributed by atoms with Crippen LogP contribution in [0.5, 0.6) is 5.75 Å². The molecule has 28 heavy (non-hydrogen) atoms. The Bertz CT molecular complexity index is 939. The number of rotatable bonds is 7. The maximum atomic E-state index is 13.3. The molecule has 1 saturated heterocycles. The molecular formula is C22H25FN4O. The molecule has 146 valence electrons. The molecule has 3 aromatic rings. The van der Waals surface area contributed by atoms with E-state index >= 15 is 0 Å². The number of hydrogen-bond acceptors (Lipinski definition) is 5. The van der Waals surface area contributed by atoms with Crippen molar-refractivity contribution in [2.45, 2.75) is 19.3 Å². The minimum Gasteiger partial charge on any atom is -0.494 e. The second-order valence-corrected chi connectivity index (χ2v) is 7.13. The monoisotopic (exact) mass is 380 g/mol. The topological polar surface area (TPSA) is 50.3 Å². The number of nitrogens with zero attached hydrogens (tertiary/aromatic N) is 3. The second kappa shape index (κ2) is 8.52. The highest BCUT2D eigenvalue weighted by molar-refractivity contribution is 5.96. The van der Waals surface area contributed by atoms with E-state index in [1.165, 1.54) is 38.1 Å². The third kappa shape index (κ3) is 4.07. The molecule has 6 heteroatoms. The van der Waals surface area contributed by atoms with Gasteiger partial charge in [0, 0.05) is 11.9 Å². The van der Waals surface area contributed by atoms with Crippen LogP contribution in [-0.4, -0.2) is 48.2 Å². The first kappa shape index (κ1) is 18.6. The van der Waals surface area contributed by atoms with Crippen LogP contribution in [0.1, 0.15) is 19.3 Å². The highest BCUT2D eigenvalue weighted by Crippen LogP contribution is 2.34. The van der Waals surface area contributed by atoms with E-state index in [0.29, 0.717) is 5.75 Å². The number of hydrogen-bond donors (Lipinski definition) is 1. The number of aromatic nitrogens is 2. The number of nitrogens with one attached hydrogen (secondary N) is 1. The van der Waals surface area contributed by atoms with Crippen LogP contribution in [0.2, 0.25) is 0 Å². The van der Waals surface area contributed by atoms with Crippen LogP contribution in [0, 0.1) is 5.82 Å². The van der Waals surface area contributed by atoms with Gasteiger partial charge in [0.15, 0.2) is 0 Å². The van der Waals surface area contributed by atoms with Gasteiger partial charge in [-0.25, -0.2) is 14.4 Å². The Kier molecular flexibility index (Phi) is 5.67. The first-order valence-corrected chi connectivity index (χ1v) is 9.79. The Labute approximate surface area is 164 Å². The molecule has 2 aromatic carbocycles. The molecule has 1 aliphatic rings. The van der Waals surface area contributed by atoms with E-state index in [4.69, 9.17) is 4.74 Å². The van der Waals surface area contributed by atoms with Gasteiger partial charge in [-0.05, 0) is 74.3 Å². The van der Waals surface area contributed by atoms with E-state index in [2.05, 4.69) is 20.2 Å². The molecule has 0 bridgehead atoms. The molecule has 0 atom stereocenters. The summed E-state index contributed by atoms with van der Waals surface area (Å²) in [4.78, 5) is 11.4. The average Bonchev–Trinajstić information content (AvgIpc) is 3.24. The minimum absolute atomic E-state index is 0.250. The molecule has 5 nitrogen and oxygen atoms in total. The Morgan fingerprint density at radius 2 is 1.86 bits per heavy atom. The third-order valence-corrected chi connectivity index (χ3v) is 5.24. The maximum Gasteiger partial charge on any atom is 0.145 e. The smallest absolute Gasteiger partial charge is 0.145 e. The summed E-state index contributed by atoms with van der Waals surface area (Å²) in [5, 5.41) is 4.36. The molecule has 1 aliphatic heterocycles. The number of benzene rings is 2. The van der Waals surface area contributed by atoms with Crippen LogP contribution in [0.3, 0.4) is 0 Å². The van der Waals surface area contributed by atoms with Crippen LogP contribution in [0.15, 0.2) is 42.7 Å². The summed E-state index contributed by atoms with van der Waals surface area (Å²) in [6, 6.07) is 10.4. The van der Waals surface area contributed by atoms with Gasteiger partial charge in [0.05, 0.1) is 7.11 Å². The molecule has 1 aromatic heterocycles. The van der Waals surface area contributed by atoms with Gasteiger partial charge in [0.25, 0.3) is 0 Å². The number of likely N-dealkylation sites (tertiary alicyclic amines) is 1. The molecular weight excluding hydrogens is 355 g/mol. The van der Waals surface area contributed by atoms with Gasteiger partial charge in [0.2, 0.25) is 0 Å². The second-order valence-electron chi connectivity index (χ2n) is 7.13. The van der Waals surface area contributed by atoms with Crippen LogP contribution >= 0.6 is 0 Å². The van der Waals surface area contributed by atoms with Crippen molar-refractivity contribution in [3.63, 3.8) is 0 Å². The lowest BCUT2D eigenvalue weighted by atomic mass is 10.0. The Morgan fingerprint density at radius 1 is 1.07 bits per heavy atom. The zero-order valence-electron chi connectivity index (χ0n) is 16.1. The summed E-state index contributed by atoms with van der Waals surface area (Å²) in [6.07, 6.45) is 5.26. The highest BCUT2D eigenvalue weighted by Gasteiger charge is 2.13.